The van der Waals surface area contributed by atoms with E-state index in [2.05, 4.69) is 12.2 Å². The Kier molecular flexibility index (Phi) is 7.33. The molecule has 0 radical (unpaired) electrons. The summed E-state index contributed by atoms with van der Waals surface area (Å²) in [5.41, 5.74) is 1.42. The van der Waals surface area contributed by atoms with Crippen molar-refractivity contribution in [3.05, 3.63) is 36.4 Å². The molecule has 2 aromatic rings. The first kappa shape index (κ1) is 23.3. The summed E-state index contributed by atoms with van der Waals surface area (Å²) >= 11 is 1.22. The van der Waals surface area contributed by atoms with Crippen LogP contribution in [0.3, 0.4) is 0 Å². The Morgan fingerprint density at radius 2 is 1.82 bits per heavy atom. The Hall–Kier alpha value is -2.87. The van der Waals surface area contributed by atoms with Crippen LogP contribution in [0.4, 0.5) is 10.5 Å². The molecule has 1 unspecified atom stereocenters. The van der Waals surface area contributed by atoms with Gasteiger partial charge in [0.05, 0.1) is 5.69 Å². The predicted octanol–water partition coefficient (Wildman–Crippen LogP) is 5.30. The van der Waals surface area contributed by atoms with Crippen molar-refractivity contribution >= 4 is 35.0 Å². The van der Waals surface area contributed by atoms with Crippen LogP contribution < -0.4 is 15.0 Å². The fourth-order valence-corrected chi connectivity index (χ4v) is 5.79. The summed E-state index contributed by atoms with van der Waals surface area (Å²) in [5.74, 6) is 0.493. The zero-order chi connectivity index (χ0) is 23.4. The lowest BCUT2D eigenvalue weighted by molar-refractivity contribution is -0.124. The average molecular weight is 471 g/mol. The highest BCUT2D eigenvalue weighted by Crippen LogP contribution is 2.45. The summed E-state index contributed by atoms with van der Waals surface area (Å²) in [5, 5.41) is 12.5. The number of amides is 2. The smallest absolute Gasteiger partial charge is 0.449 e. The standard InChI is InChI=1S/C25H30N2O5S/c1-16-7-9-18(10-8-16)23(29)27(19-11-12-22(28)26-14-13-19)20-15-21(17-5-3-2-4-6-17)33-24(20)32-25(30)31/h2-6,15-16,18-19H,7-14H2,1H3,(H,26,28)(H,30,31). The van der Waals surface area contributed by atoms with Gasteiger partial charge in [-0.15, -0.1) is 0 Å². The van der Waals surface area contributed by atoms with E-state index in [4.69, 9.17) is 4.74 Å². The molecule has 1 aliphatic heterocycles. The largest absolute Gasteiger partial charge is 0.512 e. The third-order valence-corrected chi connectivity index (χ3v) is 7.70. The second-order valence-electron chi connectivity index (χ2n) is 9.01. The molecule has 2 fully saturated rings. The molecule has 1 aromatic heterocycles. The summed E-state index contributed by atoms with van der Waals surface area (Å²) in [6.07, 6.45) is 3.73. The molecule has 176 valence electrons. The van der Waals surface area contributed by atoms with Crippen molar-refractivity contribution in [3.63, 3.8) is 0 Å². The fourth-order valence-electron chi connectivity index (χ4n) is 4.80. The van der Waals surface area contributed by atoms with Gasteiger partial charge in [-0.1, -0.05) is 48.6 Å². The van der Waals surface area contributed by atoms with E-state index in [1.165, 1.54) is 11.3 Å². The molecule has 1 saturated carbocycles. The normalized spacial score (nSPS) is 23.3. The summed E-state index contributed by atoms with van der Waals surface area (Å²) in [7, 11) is 0. The maximum Gasteiger partial charge on any atom is 0.512 e. The van der Waals surface area contributed by atoms with Crippen LogP contribution in [-0.4, -0.2) is 35.7 Å². The lowest BCUT2D eigenvalue weighted by Gasteiger charge is -2.35. The molecule has 2 heterocycles. The summed E-state index contributed by atoms with van der Waals surface area (Å²) < 4.78 is 5.18. The number of anilines is 1. The molecular weight excluding hydrogens is 440 g/mol. The molecule has 2 aliphatic rings. The predicted molar refractivity (Wildman–Crippen MR) is 128 cm³/mol. The molecule has 1 aromatic carbocycles. The maximum absolute atomic E-state index is 13.9. The molecule has 4 rings (SSSR count). The van der Waals surface area contributed by atoms with Crippen molar-refractivity contribution in [2.24, 2.45) is 11.8 Å². The molecule has 1 aliphatic carbocycles. The Balaban J connectivity index is 1.75. The number of ether oxygens (including phenoxy) is 1. The number of thiophene rings is 1. The average Bonchev–Trinajstić information content (AvgIpc) is 3.08. The van der Waals surface area contributed by atoms with Gasteiger partial charge in [0.1, 0.15) is 0 Å². The first-order chi connectivity index (χ1) is 15.9. The van der Waals surface area contributed by atoms with Crippen LogP contribution in [0.2, 0.25) is 0 Å². The lowest BCUT2D eigenvalue weighted by atomic mass is 9.82. The van der Waals surface area contributed by atoms with Gasteiger partial charge in [0.2, 0.25) is 16.9 Å². The molecule has 7 nitrogen and oxygen atoms in total. The van der Waals surface area contributed by atoms with E-state index >= 15 is 0 Å². The van der Waals surface area contributed by atoms with Gasteiger partial charge in [-0.25, -0.2) is 4.79 Å². The number of nitrogens with one attached hydrogen (secondary N) is 1. The number of carbonyl (C=O) groups is 3. The maximum atomic E-state index is 13.9. The molecule has 1 saturated heterocycles. The van der Waals surface area contributed by atoms with Gasteiger partial charge in [-0.05, 0) is 56.1 Å². The first-order valence-electron chi connectivity index (χ1n) is 11.6. The number of nitrogens with zero attached hydrogens (tertiary/aromatic N) is 1. The van der Waals surface area contributed by atoms with Crippen molar-refractivity contribution in [2.45, 2.75) is 57.9 Å². The molecular formula is C25H30N2O5S. The Morgan fingerprint density at radius 1 is 1.09 bits per heavy atom. The van der Waals surface area contributed by atoms with Crippen LogP contribution in [0.25, 0.3) is 10.4 Å². The van der Waals surface area contributed by atoms with Gasteiger partial charge < -0.3 is 20.1 Å². The van der Waals surface area contributed by atoms with Crippen LogP contribution in [0, 0.1) is 11.8 Å². The highest BCUT2D eigenvalue weighted by atomic mass is 32.1. The molecule has 2 amide bonds. The Morgan fingerprint density at radius 3 is 2.52 bits per heavy atom. The van der Waals surface area contributed by atoms with Gasteiger partial charge >= 0.3 is 6.16 Å². The second-order valence-corrected chi connectivity index (χ2v) is 10.0. The summed E-state index contributed by atoms with van der Waals surface area (Å²) in [6, 6.07) is 11.3. The number of hydrogen-bond donors (Lipinski definition) is 2. The zero-order valence-corrected chi connectivity index (χ0v) is 19.6. The highest BCUT2D eigenvalue weighted by Gasteiger charge is 2.36. The molecule has 1 atom stereocenters. The van der Waals surface area contributed by atoms with E-state index in [0.29, 0.717) is 37.4 Å². The SMILES string of the molecule is CC1CCC(C(=O)N(c2cc(-c3ccccc3)sc2OC(=O)O)C2CCNC(=O)CC2)CC1. The summed E-state index contributed by atoms with van der Waals surface area (Å²) in [4.78, 5) is 40.0. The van der Waals surface area contributed by atoms with Crippen LogP contribution in [0.15, 0.2) is 36.4 Å². The molecule has 0 bridgehead atoms. The van der Waals surface area contributed by atoms with E-state index in [0.717, 1.165) is 36.1 Å². The van der Waals surface area contributed by atoms with Gasteiger partial charge in [0.25, 0.3) is 0 Å². The van der Waals surface area contributed by atoms with E-state index in [9.17, 15) is 19.5 Å². The quantitative estimate of drug-likeness (QED) is 0.578. The van der Waals surface area contributed by atoms with Crippen molar-refractivity contribution in [1.82, 2.24) is 5.32 Å². The van der Waals surface area contributed by atoms with E-state index < -0.39 is 6.16 Å². The second kappa shape index (κ2) is 10.4. The minimum Gasteiger partial charge on any atom is -0.449 e. The van der Waals surface area contributed by atoms with Crippen molar-refractivity contribution < 1.29 is 24.2 Å². The lowest BCUT2D eigenvalue weighted by Crippen LogP contribution is -2.45. The Labute approximate surface area is 197 Å². The van der Waals surface area contributed by atoms with E-state index in [1.807, 2.05) is 36.4 Å². The number of carbonyl (C=O) groups excluding carboxylic acids is 2. The van der Waals surface area contributed by atoms with Gasteiger partial charge in [0.15, 0.2) is 0 Å². The van der Waals surface area contributed by atoms with Crippen molar-refractivity contribution in [1.29, 1.82) is 0 Å². The molecule has 33 heavy (non-hydrogen) atoms. The van der Waals surface area contributed by atoms with Gasteiger partial charge in [0, 0.05) is 29.8 Å². The fraction of sp³-hybridized carbons (Fsp3) is 0.480. The zero-order valence-electron chi connectivity index (χ0n) is 18.8. The highest BCUT2D eigenvalue weighted by molar-refractivity contribution is 7.18. The van der Waals surface area contributed by atoms with Crippen LogP contribution in [0.5, 0.6) is 5.06 Å². The van der Waals surface area contributed by atoms with Crippen molar-refractivity contribution in [2.75, 3.05) is 11.4 Å². The van der Waals surface area contributed by atoms with E-state index in [-0.39, 0.29) is 28.8 Å². The van der Waals surface area contributed by atoms with Crippen LogP contribution in [-0.2, 0) is 9.59 Å². The third-order valence-electron chi connectivity index (χ3n) is 6.65. The minimum absolute atomic E-state index is 0.00824. The van der Waals surface area contributed by atoms with Crippen molar-refractivity contribution in [3.8, 4) is 15.5 Å². The number of carboxylic acid groups (broad SMARTS) is 1. The molecule has 2 N–H and O–H groups in total. The van der Waals surface area contributed by atoms with Crippen LogP contribution in [0.1, 0.15) is 51.9 Å². The summed E-state index contributed by atoms with van der Waals surface area (Å²) in [6.45, 7) is 2.70. The molecule has 0 spiro atoms. The van der Waals surface area contributed by atoms with E-state index in [1.54, 1.807) is 4.90 Å². The number of hydrogen-bond acceptors (Lipinski definition) is 5. The minimum atomic E-state index is -1.41. The first-order valence-corrected chi connectivity index (χ1v) is 12.4. The molecule has 8 heteroatoms. The topological polar surface area (TPSA) is 95.9 Å². The van der Waals surface area contributed by atoms with Crippen LogP contribution >= 0.6 is 11.3 Å². The van der Waals surface area contributed by atoms with Gasteiger partial charge in [-0.2, -0.15) is 0 Å². The third kappa shape index (κ3) is 5.55. The van der Waals surface area contributed by atoms with Gasteiger partial charge in [-0.3, -0.25) is 9.59 Å². The number of rotatable bonds is 5. The Bertz CT molecular complexity index is 997. The number of benzene rings is 1. The monoisotopic (exact) mass is 470 g/mol.